The van der Waals surface area contributed by atoms with Gasteiger partial charge in [0.1, 0.15) is 5.92 Å². The molecule has 0 aliphatic rings. The highest BCUT2D eigenvalue weighted by molar-refractivity contribution is 8.13. The molecule has 0 saturated carbocycles. The number of ether oxygens (including phenoxy) is 1. The smallest absolute Gasteiger partial charge is 0.317 e. The molecule has 24 heavy (non-hydrogen) atoms. The van der Waals surface area contributed by atoms with Gasteiger partial charge in [0.25, 0.3) is 0 Å². The molecule has 0 heterocycles. The Kier molecular flexibility index (Phi) is 11.3. The summed E-state index contributed by atoms with van der Waals surface area (Å²) < 4.78 is 5.04. The molecule has 3 nitrogen and oxygen atoms in total. The third-order valence-corrected chi connectivity index (χ3v) is 4.80. The maximum atomic E-state index is 12.0. The lowest BCUT2D eigenvalue weighted by atomic mass is 10.0. The number of carbonyl (C=O) groups is 2. The largest absolute Gasteiger partial charge is 0.465 e. The van der Waals surface area contributed by atoms with Crippen LogP contribution in [0.25, 0.3) is 0 Å². The fourth-order valence-corrected chi connectivity index (χ4v) is 3.37. The van der Waals surface area contributed by atoms with Gasteiger partial charge in [-0.25, -0.2) is 0 Å². The summed E-state index contributed by atoms with van der Waals surface area (Å²) in [6.45, 7) is 4.04. The van der Waals surface area contributed by atoms with Crippen molar-refractivity contribution in [2.75, 3.05) is 12.4 Å². The Morgan fingerprint density at radius 2 is 1.67 bits per heavy atom. The highest BCUT2D eigenvalue weighted by Gasteiger charge is 2.27. The first kappa shape index (κ1) is 20.8. The van der Waals surface area contributed by atoms with E-state index in [1.807, 2.05) is 13.0 Å². The summed E-state index contributed by atoms with van der Waals surface area (Å²) in [6, 6.07) is 10.5. The molecule has 0 N–H and O–H groups in total. The average molecular weight is 351 g/mol. The van der Waals surface area contributed by atoms with Gasteiger partial charge in [-0.3, -0.25) is 9.59 Å². The van der Waals surface area contributed by atoms with E-state index in [4.69, 9.17) is 4.74 Å². The van der Waals surface area contributed by atoms with Crippen molar-refractivity contribution >= 4 is 22.8 Å². The van der Waals surface area contributed by atoms with Gasteiger partial charge < -0.3 is 4.74 Å². The van der Waals surface area contributed by atoms with Crippen molar-refractivity contribution in [2.24, 2.45) is 5.92 Å². The van der Waals surface area contributed by atoms with E-state index in [1.165, 1.54) is 30.2 Å². The van der Waals surface area contributed by atoms with Crippen molar-refractivity contribution in [3.63, 3.8) is 0 Å². The molecular formula is C20H30O3S. The zero-order valence-electron chi connectivity index (χ0n) is 15.0. The molecule has 0 amide bonds. The molecule has 0 bridgehead atoms. The zero-order valence-corrected chi connectivity index (χ0v) is 15.8. The zero-order chi connectivity index (χ0) is 17.6. The highest BCUT2D eigenvalue weighted by Crippen LogP contribution is 2.20. The Hall–Kier alpha value is -1.29. The predicted molar refractivity (Wildman–Crippen MR) is 101 cm³/mol. The molecule has 1 aromatic rings. The quantitative estimate of drug-likeness (QED) is 0.301. The van der Waals surface area contributed by atoms with Crippen LogP contribution in [0.15, 0.2) is 30.3 Å². The van der Waals surface area contributed by atoms with Crippen molar-refractivity contribution < 1.29 is 14.3 Å². The number of hydrogen-bond acceptors (Lipinski definition) is 4. The molecule has 1 aromatic carbocycles. The fourth-order valence-electron chi connectivity index (χ4n) is 2.67. The minimum atomic E-state index is -0.584. The Balaban J connectivity index is 2.19. The second-order valence-corrected chi connectivity index (χ2v) is 7.12. The van der Waals surface area contributed by atoms with Gasteiger partial charge in [-0.1, -0.05) is 74.7 Å². The van der Waals surface area contributed by atoms with Crippen LogP contribution >= 0.6 is 11.8 Å². The van der Waals surface area contributed by atoms with Crippen LogP contribution in [0.1, 0.15) is 57.9 Å². The minimum absolute atomic E-state index is 0.0416. The molecule has 0 saturated heterocycles. The second-order valence-electron chi connectivity index (χ2n) is 5.85. The molecule has 4 heteroatoms. The van der Waals surface area contributed by atoms with E-state index >= 15 is 0 Å². The van der Waals surface area contributed by atoms with E-state index in [-0.39, 0.29) is 11.1 Å². The summed E-state index contributed by atoms with van der Waals surface area (Å²) >= 11 is 1.22. The van der Waals surface area contributed by atoms with Crippen LogP contribution in [0.4, 0.5) is 0 Å². The van der Waals surface area contributed by atoms with E-state index in [9.17, 15) is 9.59 Å². The summed E-state index contributed by atoms with van der Waals surface area (Å²) in [4.78, 5) is 24.0. The van der Waals surface area contributed by atoms with Crippen LogP contribution in [0.3, 0.4) is 0 Å². The molecule has 0 spiro atoms. The van der Waals surface area contributed by atoms with Crippen LogP contribution in [0.5, 0.6) is 0 Å². The number of rotatable bonds is 12. The van der Waals surface area contributed by atoms with Crippen LogP contribution in [0, 0.1) is 5.92 Å². The van der Waals surface area contributed by atoms with E-state index in [0.717, 1.165) is 25.7 Å². The minimum Gasteiger partial charge on any atom is -0.465 e. The molecule has 0 fully saturated rings. The van der Waals surface area contributed by atoms with Gasteiger partial charge in [0.15, 0.2) is 0 Å². The summed E-state index contributed by atoms with van der Waals surface area (Å²) in [6.07, 6.45) is 7.24. The van der Waals surface area contributed by atoms with E-state index in [2.05, 4.69) is 24.3 Å². The van der Waals surface area contributed by atoms with E-state index in [0.29, 0.717) is 18.8 Å². The molecule has 0 aliphatic heterocycles. The highest BCUT2D eigenvalue weighted by atomic mass is 32.2. The first-order valence-corrected chi connectivity index (χ1v) is 10.0. The number of benzene rings is 1. The normalized spacial score (nSPS) is 11.9. The lowest BCUT2D eigenvalue weighted by Crippen LogP contribution is -2.24. The second kappa shape index (κ2) is 13.1. The molecule has 0 aromatic heterocycles. The molecule has 1 unspecified atom stereocenters. The van der Waals surface area contributed by atoms with Gasteiger partial charge in [0.2, 0.25) is 5.12 Å². The van der Waals surface area contributed by atoms with Gasteiger partial charge in [0, 0.05) is 0 Å². The van der Waals surface area contributed by atoms with Crippen LogP contribution < -0.4 is 0 Å². The standard InChI is InChI=1S/C20H30O3S/c1-3-23-19(21)18(20(22)24-4-2)16-12-7-5-6-9-13-17-14-10-8-11-15-17/h8,10-11,14-15,18H,3-7,9,12-13,16H2,1-2H3. The number of aryl methyl sites for hydroxylation is 1. The van der Waals surface area contributed by atoms with E-state index < -0.39 is 5.92 Å². The fraction of sp³-hybridized carbons (Fsp3) is 0.600. The maximum Gasteiger partial charge on any atom is 0.317 e. The van der Waals surface area contributed by atoms with Crippen molar-refractivity contribution in [1.29, 1.82) is 0 Å². The predicted octanol–water partition coefficient (Wildman–Crippen LogP) is 5.03. The summed E-state index contributed by atoms with van der Waals surface area (Å²) in [5.41, 5.74) is 1.39. The van der Waals surface area contributed by atoms with Gasteiger partial charge in [-0.2, -0.15) is 0 Å². The molecule has 0 aliphatic carbocycles. The molecule has 134 valence electrons. The third kappa shape index (κ3) is 8.53. The first-order valence-electron chi connectivity index (χ1n) is 9.06. The lowest BCUT2D eigenvalue weighted by molar-refractivity contribution is -0.150. The number of esters is 1. The Bertz CT molecular complexity index is 455. The van der Waals surface area contributed by atoms with E-state index in [1.54, 1.807) is 6.92 Å². The number of hydrogen-bond donors (Lipinski definition) is 0. The van der Waals surface area contributed by atoms with Gasteiger partial charge in [-0.15, -0.1) is 0 Å². The third-order valence-electron chi connectivity index (χ3n) is 3.94. The van der Waals surface area contributed by atoms with Gasteiger partial charge in [0.05, 0.1) is 6.61 Å². The molecule has 1 rings (SSSR count). The molecular weight excluding hydrogens is 320 g/mol. The topological polar surface area (TPSA) is 43.4 Å². The summed E-state index contributed by atoms with van der Waals surface area (Å²) in [5, 5.41) is -0.0416. The Labute approximate surface area is 150 Å². The summed E-state index contributed by atoms with van der Waals surface area (Å²) in [7, 11) is 0. The monoisotopic (exact) mass is 350 g/mol. The van der Waals surface area contributed by atoms with Crippen molar-refractivity contribution in [1.82, 2.24) is 0 Å². The van der Waals surface area contributed by atoms with Crippen molar-refractivity contribution in [3.05, 3.63) is 35.9 Å². The lowest BCUT2D eigenvalue weighted by Gasteiger charge is -2.13. The number of carbonyl (C=O) groups excluding carboxylic acids is 2. The average Bonchev–Trinajstić information content (AvgIpc) is 2.58. The van der Waals surface area contributed by atoms with Crippen LogP contribution in [-0.2, 0) is 20.7 Å². The first-order chi connectivity index (χ1) is 11.7. The summed E-state index contributed by atoms with van der Waals surface area (Å²) in [5.74, 6) is -0.236. The van der Waals surface area contributed by atoms with Gasteiger partial charge in [-0.05, 0) is 37.5 Å². The Morgan fingerprint density at radius 3 is 2.33 bits per heavy atom. The van der Waals surface area contributed by atoms with Gasteiger partial charge >= 0.3 is 5.97 Å². The van der Waals surface area contributed by atoms with Crippen LogP contribution in [-0.4, -0.2) is 23.4 Å². The number of unbranched alkanes of at least 4 members (excludes halogenated alkanes) is 4. The molecule has 1 atom stereocenters. The SMILES string of the molecule is CCOC(=O)C(CCCCCCCc1ccccc1)C(=O)SCC. The number of thioether (sulfide) groups is 1. The Morgan fingerprint density at radius 1 is 1.00 bits per heavy atom. The maximum absolute atomic E-state index is 12.0. The molecule has 0 radical (unpaired) electrons. The van der Waals surface area contributed by atoms with Crippen LogP contribution in [0.2, 0.25) is 0 Å². The van der Waals surface area contributed by atoms with Crippen molar-refractivity contribution in [2.45, 2.75) is 58.8 Å². The van der Waals surface area contributed by atoms with Crippen molar-refractivity contribution in [3.8, 4) is 0 Å².